The molecule has 1 aliphatic heterocycles. The van der Waals surface area contributed by atoms with Crippen molar-refractivity contribution in [2.45, 2.75) is 19.3 Å². The van der Waals surface area contributed by atoms with Crippen LogP contribution in [0.25, 0.3) is 0 Å². The van der Waals surface area contributed by atoms with E-state index in [9.17, 15) is 14.4 Å². The smallest absolute Gasteiger partial charge is 0.337 e. The minimum Gasteiger partial charge on any atom is -0.466 e. The molecule has 0 radical (unpaired) electrons. The van der Waals surface area contributed by atoms with Crippen molar-refractivity contribution in [1.82, 2.24) is 5.32 Å². The number of rotatable bonds is 3. The van der Waals surface area contributed by atoms with Crippen LogP contribution in [0.15, 0.2) is 35.5 Å². The van der Waals surface area contributed by atoms with Crippen LogP contribution in [0.4, 0.5) is 0 Å². The fourth-order valence-electron chi connectivity index (χ4n) is 2.54. The van der Waals surface area contributed by atoms with Crippen LogP contribution in [0.1, 0.15) is 35.2 Å². The molecule has 0 aliphatic carbocycles. The molecule has 1 heterocycles. The fourth-order valence-corrected chi connectivity index (χ4v) is 2.54. The molecule has 1 aromatic rings. The molecule has 0 aromatic heterocycles. The first-order chi connectivity index (χ1) is 10.5. The van der Waals surface area contributed by atoms with Gasteiger partial charge < -0.3 is 14.8 Å². The second-order valence-corrected chi connectivity index (χ2v) is 4.95. The molecule has 116 valence electrons. The van der Waals surface area contributed by atoms with Gasteiger partial charge in [-0.05, 0) is 24.6 Å². The highest BCUT2D eigenvalue weighted by atomic mass is 16.5. The molecule has 0 unspecified atom stereocenters. The molecule has 2 rings (SSSR count). The van der Waals surface area contributed by atoms with E-state index in [2.05, 4.69) is 10.1 Å². The van der Waals surface area contributed by atoms with E-state index in [0.29, 0.717) is 16.8 Å². The van der Waals surface area contributed by atoms with Gasteiger partial charge in [0.2, 0.25) is 5.91 Å². The maximum atomic E-state index is 12.0. The number of hydrogen-bond donors (Lipinski definition) is 1. The van der Waals surface area contributed by atoms with E-state index < -0.39 is 17.9 Å². The van der Waals surface area contributed by atoms with E-state index >= 15 is 0 Å². The summed E-state index contributed by atoms with van der Waals surface area (Å²) in [6, 6.07) is 6.65. The summed E-state index contributed by atoms with van der Waals surface area (Å²) in [4.78, 5) is 35.2. The number of hydrogen-bond acceptors (Lipinski definition) is 5. The van der Waals surface area contributed by atoms with Crippen LogP contribution in [-0.2, 0) is 19.1 Å². The molecule has 1 aromatic carbocycles. The van der Waals surface area contributed by atoms with Crippen molar-refractivity contribution in [2.24, 2.45) is 0 Å². The molecule has 22 heavy (non-hydrogen) atoms. The Balaban J connectivity index is 2.40. The molecule has 1 N–H and O–H groups in total. The van der Waals surface area contributed by atoms with Crippen molar-refractivity contribution in [3.05, 3.63) is 46.7 Å². The molecule has 1 atom stereocenters. The number of nitrogens with one attached hydrogen (secondary N) is 1. The summed E-state index contributed by atoms with van der Waals surface area (Å²) in [6.07, 6.45) is 0.152. The number of benzene rings is 1. The number of carbonyl (C=O) groups excluding carboxylic acids is 3. The zero-order valence-electron chi connectivity index (χ0n) is 12.6. The van der Waals surface area contributed by atoms with Crippen LogP contribution in [0.3, 0.4) is 0 Å². The quantitative estimate of drug-likeness (QED) is 0.856. The summed E-state index contributed by atoms with van der Waals surface area (Å²) in [5, 5.41) is 2.65. The molecule has 0 saturated heterocycles. The molecule has 0 saturated carbocycles. The number of carbonyl (C=O) groups is 3. The summed E-state index contributed by atoms with van der Waals surface area (Å²) in [7, 11) is 2.61. The van der Waals surface area contributed by atoms with Crippen LogP contribution in [-0.4, -0.2) is 32.1 Å². The second kappa shape index (κ2) is 6.43. The van der Waals surface area contributed by atoms with Gasteiger partial charge in [0.25, 0.3) is 0 Å². The summed E-state index contributed by atoms with van der Waals surface area (Å²) in [5.74, 6) is -1.47. The predicted octanol–water partition coefficient (Wildman–Crippen LogP) is 1.52. The van der Waals surface area contributed by atoms with Gasteiger partial charge in [0.1, 0.15) is 0 Å². The highest BCUT2D eigenvalue weighted by Crippen LogP contribution is 2.33. The normalized spacial score (nSPS) is 17.8. The van der Waals surface area contributed by atoms with Crippen molar-refractivity contribution >= 4 is 17.8 Å². The zero-order valence-corrected chi connectivity index (χ0v) is 12.6. The molecule has 0 bridgehead atoms. The third-order valence-corrected chi connectivity index (χ3v) is 3.61. The van der Waals surface area contributed by atoms with E-state index in [1.54, 1.807) is 31.2 Å². The largest absolute Gasteiger partial charge is 0.466 e. The van der Waals surface area contributed by atoms with Crippen LogP contribution in [0.2, 0.25) is 0 Å². The van der Waals surface area contributed by atoms with Gasteiger partial charge in [-0.25, -0.2) is 9.59 Å². The van der Waals surface area contributed by atoms with E-state index in [4.69, 9.17) is 4.74 Å². The van der Waals surface area contributed by atoms with Gasteiger partial charge in [-0.15, -0.1) is 0 Å². The Bertz CT molecular complexity index is 645. The van der Waals surface area contributed by atoms with Gasteiger partial charge in [0.05, 0.1) is 25.4 Å². The zero-order chi connectivity index (χ0) is 16.3. The van der Waals surface area contributed by atoms with Gasteiger partial charge in [-0.3, -0.25) is 4.79 Å². The highest BCUT2D eigenvalue weighted by Gasteiger charge is 2.32. The Morgan fingerprint density at radius 2 is 1.68 bits per heavy atom. The predicted molar refractivity (Wildman–Crippen MR) is 78.0 cm³/mol. The van der Waals surface area contributed by atoms with Crippen LogP contribution >= 0.6 is 0 Å². The van der Waals surface area contributed by atoms with Crippen molar-refractivity contribution in [2.75, 3.05) is 14.2 Å². The Labute approximate surface area is 128 Å². The lowest BCUT2D eigenvalue weighted by Crippen LogP contribution is -2.34. The Morgan fingerprint density at radius 1 is 1.09 bits per heavy atom. The third kappa shape index (κ3) is 3.00. The summed E-state index contributed by atoms with van der Waals surface area (Å²) < 4.78 is 9.45. The van der Waals surface area contributed by atoms with E-state index in [0.717, 1.165) is 5.56 Å². The minimum atomic E-state index is -0.473. The lowest BCUT2D eigenvalue weighted by molar-refractivity contribution is -0.136. The SMILES string of the molecule is COC(=O)C1=C(C)NC(=O)C[C@H]1c1ccc(C(=O)OC)cc1. The van der Waals surface area contributed by atoms with Crippen molar-refractivity contribution in [3.63, 3.8) is 0 Å². The maximum Gasteiger partial charge on any atom is 0.337 e. The number of ether oxygens (including phenoxy) is 2. The van der Waals surface area contributed by atoms with Gasteiger partial charge >= 0.3 is 11.9 Å². The van der Waals surface area contributed by atoms with Gasteiger partial charge in [0.15, 0.2) is 0 Å². The van der Waals surface area contributed by atoms with Crippen LogP contribution < -0.4 is 5.32 Å². The molecule has 0 fully saturated rings. The van der Waals surface area contributed by atoms with E-state index in [1.807, 2.05) is 0 Å². The summed E-state index contributed by atoms with van der Waals surface area (Å²) in [5.41, 5.74) is 2.09. The topological polar surface area (TPSA) is 81.7 Å². The Morgan fingerprint density at radius 3 is 2.23 bits per heavy atom. The number of allylic oxidation sites excluding steroid dienone is 1. The molecule has 6 heteroatoms. The van der Waals surface area contributed by atoms with Crippen molar-refractivity contribution in [3.8, 4) is 0 Å². The molecular weight excluding hydrogens is 286 g/mol. The monoisotopic (exact) mass is 303 g/mol. The van der Waals surface area contributed by atoms with Gasteiger partial charge in [-0.1, -0.05) is 12.1 Å². The molecule has 1 amide bonds. The summed E-state index contributed by atoms with van der Waals surface area (Å²) >= 11 is 0. The molecule has 0 spiro atoms. The van der Waals surface area contributed by atoms with Crippen LogP contribution in [0.5, 0.6) is 0 Å². The molecular formula is C16H17NO5. The lowest BCUT2D eigenvalue weighted by atomic mass is 9.84. The average Bonchev–Trinajstić information content (AvgIpc) is 2.53. The van der Waals surface area contributed by atoms with Crippen LogP contribution in [0, 0.1) is 0 Å². The average molecular weight is 303 g/mol. The first kappa shape index (κ1) is 15.8. The van der Waals surface area contributed by atoms with Crippen molar-refractivity contribution in [1.29, 1.82) is 0 Å². The van der Waals surface area contributed by atoms with E-state index in [-0.39, 0.29) is 12.3 Å². The second-order valence-electron chi connectivity index (χ2n) is 4.95. The third-order valence-electron chi connectivity index (χ3n) is 3.61. The van der Waals surface area contributed by atoms with Gasteiger partial charge in [0, 0.05) is 18.0 Å². The first-order valence-electron chi connectivity index (χ1n) is 6.75. The fraction of sp³-hybridized carbons (Fsp3) is 0.312. The number of esters is 2. The lowest BCUT2D eigenvalue weighted by Gasteiger charge is -2.26. The summed E-state index contributed by atoms with van der Waals surface area (Å²) in [6.45, 7) is 1.67. The Hall–Kier alpha value is -2.63. The molecule has 1 aliphatic rings. The number of amides is 1. The van der Waals surface area contributed by atoms with E-state index in [1.165, 1.54) is 14.2 Å². The minimum absolute atomic E-state index is 0.152. The molecule has 6 nitrogen and oxygen atoms in total. The first-order valence-corrected chi connectivity index (χ1v) is 6.75. The highest BCUT2D eigenvalue weighted by molar-refractivity contribution is 5.96. The Kier molecular flexibility index (Phi) is 4.60. The standard InChI is InChI=1S/C16H17NO5/c1-9-14(16(20)22-3)12(8-13(18)17-9)10-4-6-11(7-5-10)15(19)21-2/h4-7,12H,8H2,1-3H3,(H,17,18)/t12-/m0/s1. The maximum absolute atomic E-state index is 12.0. The van der Waals surface area contributed by atoms with Crippen molar-refractivity contribution < 1.29 is 23.9 Å². The van der Waals surface area contributed by atoms with Gasteiger partial charge in [-0.2, -0.15) is 0 Å². The number of methoxy groups -OCH3 is 2.